The van der Waals surface area contributed by atoms with E-state index >= 15 is 0 Å². The number of allylic oxidation sites excluding steroid dienone is 2. The summed E-state index contributed by atoms with van der Waals surface area (Å²) in [7, 11) is 0. The standard InChI is InChI=1S/C44H35N/c1-2-45-43-28-26-33(16-15-25-39(35-17-7-3-8-18-35)36-19-9-4-10-20-36)30-41(43)42-32-34(27-29-44(42)45)31-40(37-21-11-5-12-22-37)38-23-13-6-14-24-38/h3-32H,2H2,1H3. The summed E-state index contributed by atoms with van der Waals surface area (Å²) in [5.41, 5.74) is 12.2. The molecule has 0 atom stereocenters. The van der Waals surface area contributed by atoms with Gasteiger partial charge in [-0.1, -0.05) is 152 Å². The zero-order valence-electron chi connectivity index (χ0n) is 25.5. The summed E-state index contributed by atoms with van der Waals surface area (Å²) in [6, 6.07) is 56.3. The molecule has 0 bridgehead atoms. The van der Waals surface area contributed by atoms with Crippen molar-refractivity contribution in [3.05, 3.63) is 203 Å². The van der Waals surface area contributed by atoms with Crippen LogP contribution in [0.2, 0.25) is 0 Å². The largest absolute Gasteiger partial charge is 0.341 e. The first-order chi connectivity index (χ1) is 22.3. The summed E-state index contributed by atoms with van der Waals surface area (Å²) < 4.78 is 2.42. The van der Waals surface area contributed by atoms with Crippen molar-refractivity contribution in [2.24, 2.45) is 0 Å². The second kappa shape index (κ2) is 12.9. The third kappa shape index (κ3) is 5.94. The van der Waals surface area contributed by atoms with Gasteiger partial charge in [-0.25, -0.2) is 0 Å². The van der Waals surface area contributed by atoms with Crippen LogP contribution in [0.15, 0.2) is 170 Å². The van der Waals surface area contributed by atoms with Gasteiger partial charge in [0.25, 0.3) is 0 Å². The Labute approximate surface area is 265 Å². The highest BCUT2D eigenvalue weighted by atomic mass is 15.0. The minimum absolute atomic E-state index is 0.921. The van der Waals surface area contributed by atoms with Crippen LogP contribution in [-0.4, -0.2) is 4.57 Å². The van der Waals surface area contributed by atoms with Crippen molar-refractivity contribution in [2.75, 3.05) is 0 Å². The fraction of sp³-hybridized carbons (Fsp3) is 0.0455. The fourth-order valence-electron chi connectivity index (χ4n) is 6.26. The van der Waals surface area contributed by atoms with Gasteiger partial charge in [0, 0.05) is 28.4 Å². The molecule has 1 heteroatoms. The van der Waals surface area contributed by atoms with Gasteiger partial charge in [-0.3, -0.25) is 0 Å². The van der Waals surface area contributed by atoms with Crippen molar-refractivity contribution in [1.82, 2.24) is 4.57 Å². The number of aromatic nitrogens is 1. The summed E-state index contributed by atoms with van der Waals surface area (Å²) >= 11 is 0. The highest BCUT2D eigenvalue weighted by Gasteiger charge is 2.12. The van der Waals surface area contributed by atoms with Crippen molar-refractivity contribution in [3.63, 3.8) is 0 Å². The SMILES string of the molecule is CCn1c2ccc(C=CC=C(c3ccccc3)c3ccccc3)cc2c2cc(C=C(c3ccccc3)c3ccccc3)ccc21. The van der Waals surface area contributed by atoms with Gasteiger partial charge in [0.1, 0.15) is 0 Å². The Bertz CT molecular complexity index is 2060. The quantitative estimate of drug-likeness (QED) is 0.125. The summed E-state index contributed by atoms with van der Waals surface area (Å²) in [6.45, 7) is 3.15. The Kier molecular flexibility index (Phi) is 8.07. The Morgan fingerprint density at radius 2 is 0.911 bits per heavy atom. The van der Waals surface area contributed by atoms with Crippen LogP contribution >= 0.6 is 0 Å². The van der Waals surface area contributed by atoms with E-state index in [2.05, 4.69) is 194 Å². The molecule has 0 aliphatic heterocycles. The fourth-order valence-corrected chi connectivity index (χ4v) is 6.26. The summed E-state index contributed by atoms with van der Waals surface area (Å²) in [5, 5.41) is 2.56. The number of fused-ring (bicyclic) bond motifs is 3. The van der Waals surface area contributed by atoms with E-state index in [1.54, 1.807) is 0 Å². The first-order valence-electron chi connectivity index (χ1n) is 15.7. The minimum Gasteiger partial charge on any atom is -0.341 e. The molecule has 6 aromatic carbocycles. The molecule has 45 heavy (non-hydrogen) atoms. The van der Waals surface area contributed by atoms with Gasteiger partial charge in [0.15, 0.2) is 0 Å². The van der Waals surface area contributed by atoms with E-state index in [0.29, 0.717) is 0 Å². The van der Waals surface area contributed by atoms with Crippen LogP contribution in [0.1, 0.15) is 40.3 Å². The monoisotopic (exact) mass is 577 g/mol. The summed E-state index contributed by atoms with van der Waals surface area (Å²) in [4.78, 5) is 0. The summed E-state index contributed by atoms with van der Waals surface area (Å²) in [5.74, 6) is 0. The van der Waals surface area contributed by atoms with Gasteiger partial charge in [-0.05, 0) is 81.8 Å². The van der Waals surface area contributed by atoms with Crippen LogP contribution in [0.4, 0.5) is 0 Å². The zero-order chi connectivity index (χ0) is 30.4. The number of hydrogen-bond donors (Lipinski definition) is 0. The van der Waals surface area contributed by atoms with Gasteiger partial charge in [0.05, 0.1) is 0 Å². The lowest BCUT2D eigenvalue weighted by molar-refractivity contribution is 0.827. The number of nitrogens with zero attached hydrogens (tertiary/aromatic N) is 1. The molecule has 1 heterocycles. The topological polar surface area (TPSA) is 4.93 Å². The smallest absolute Gasteiger partial charge is 0.0491 e. The Morgan fingerprint density at radius 3 is 1.38 bits per heavy atom. The van der Waals surface area contributed by atoms with E-state index in [4.69, 9.17) is 0 Å². The minimum atomic E-state index is 0.921. The molecule has 0 radical (unpaired) electrons. The first-order valence-corrected chi connectivity index (χ1v) is 15.7. The molecule has 216 valence electrons. The lowest BCUT2D eigenvalue weighted by Gasteiger charge is -2.09. The predicted octanol–water partition coefficient (Wildman–Crippen LogP) is 11.5. The highest BCUT2D eigenvalue weighted by molar-refractivity contribution is 6.09. The third-order valence-electron chi connectivity index (χ3n) is 8.43. The zero-order valence-corrected chi connectivity index (χ0v) is 25.5. The number of hydrogen-bond acceptors (Lipinski definition) is 0. The van der Waals surface area contributed by atoms with Gasteiger partial charge in [-0.15, -0.1) is 0 Å². The Hall–Kier alpha value is -5.66. The molecule has 0 fully saturated rings. The van der Waals surface area contributed by atoms with Crippen molar-refractivity contribution in [2.45, 2.75) is 13.5 Å². The van der Waals surface area contributed by atoms with E-state index < -0.39 is 0 Å². The predicted molar refractivity (Wildman–Crippen MR) is 194 cm³/mol. The molecule has 7 aromatic rings. The Balaban J connectivity index is 1.31. The molecule has 0 saturated carbocycles. The molecule has 0 saturated heterocycles. The maximum Gasteiger partial charge on any atom is 0.0491 e. The lowest BCUT2D eigenvalue weighted by Crippen LogP contribution is -1.93. The van der Waals surface area contributed by atoms with Gasteiger partial charge < -0.3 is 4.57 Å². The maximum atomic E-state index is 2.42. The number of aryl methyl sites for hydroxylation is 1. The van der Waals surface area contributed by atoms with Crippen molar-refractivity contribution < 1.29 is 0 Å². The van der Waals surface area contributed by atoms with E-state index in [-0.39, 0.29) is 0 Å². The molecule has 0 unspecified atom stereocenters. The molecule has 0 amide bonds. The molecular formula is C44H35N. The molecule has 0 spiro atoms. The summed E-state index contributed by atoms with van der Waals surface area (Å²) in [6.07, 6.45) is 8.94. The van der Waals surface area contributed by atoms with Crippen LogP contribution in [-0.2, 0) is 6.54 Å². The maximum absolute atomic E-state index is 2.42. The molecule has 0 aliphatic carbocycles. The van der Waals surface area contributed by atoms with Crippen molar-refractivity contribution in [1.29, 1.82) is 0 Å². The van der Waals surface area contributed by atoms with Gasteiger partial charge in [0.2, 0.25) is 0 Å². The van der Waals surface area contributed by atoms with E-state index in [1.807, 2.05) is 0 Å². The average molecular weight is 578 g/mol. The number of rotatable bonds is 8. The van der Waals surface area contributed by atoms with E-state index in [9.17, 15) is 0 Å². The first kappa shape index (κ1) is 28.1. The van der Waals surface area contributed by atoms with E-state index in [0.717, 1.165) is 6.54 Å². The normalized spacial score (nSPS) is 11.2. The average Bonchev–Trinajstić information content (AvgIpc) is 3.42. The Morgan fingerprint density at radius 1 is 0.489 bits per heavy atom. The highest BCUT2D eigenvalue weighted by Crippen LogP contribution is 2.33. The van der Waals surface area contributed by atoms with Gasteiger partial charge in [-0.2, -0.15) is 0 Å². The van der Waals surface area contributed by atoms with E-state index in [1.165, 1.54) is 66.3 Å². The van der Waals surface area contributed by atoms with Gasteiger partial charge >= 0.3 is 0 Å². The molecule has 0 aliphatic rings. The van der Waals surface area contributed by atoms with Crippen LogP contribution in [0, 0.1) is 0 Å². The van der Waals surface area contributed by atoms with Crippen LogP contribution in [0.3, 0.4) is 0 Å². The second-order valence-corrected chi connectivity index (χ2v) is 11.3. The lowest BCUT2D eigenvalue weighted by atomic mass is 9.95. The molecule has 0 N–H and O–H groups in total. The van der Waals surface area contributed by atoms with Crippen molar-refractivity contribution in [3.8, 4) is 0 Å². The second-order valence-electron chi connectivity index (χ2n) is 11.3. The molecule has 7 rings (SSSR count). The van der Waals surface area contributed by atoms with Crippen LogP contribution < -0.4 is 0 Å². The molecular weight excluding hydrogens is 542 g/mol. The molecule has 1 aromatic heterocycles. The van der Waals surface area contributed by atoms with Crippen LogP contribution in [0.25, 0.3) is 45.1 Å². The van der Waals surface area contributed by atoms with Crippen molar-refractivity contribution >= 4 is 45.1 Å². The van der Waals surface area contributed by atoms with Crippen LogP contribution in [0.5, 0.6) is 0 Å². The number of benzene rings is 6. The third-order valence-corrected chi connectivity index (χ3v) is 8.43. The molecule has 1 nitrogen and oxygen atoms in total.